The van der Waals surface area contributed by atoms with Gasteiger partial charge in [0.05, 0.1) is 16.1 Å². The number of nitrogens with zero attached hydrogens (tertiary/aromatic N) is 4. The van der Waals surface area contributed by atoms with Crippen molar-refractivity contribution in [3.8, 4) is 10.7 Å². The lowest BCUT2D eigenvalue weighted by molar-refractivity contribution is 0.570. The van der Waals surface area contributed by atoms with E-state index in [0.29, 0.717) is 12.4 Å². The smallest absolute Gasteiger partial charge is 0.296 e. The molecule has 0 N–H and O–H groups in total. The van der Waals surface area contributed by atoms with Crippen molar-refractivity contribution in [2.24, 2.45) is 0 Å². The molecule has 0 atom stereocenters. The van der Waals surface area contributed by atoms with Crippen LogP contribution in [0.25, 0.3) is 10.7 Å². The van der Waals surface area contributed by atoms with Crippen LogP contribution in [0.15, 0.2) is 10.7 Å². The predicted octanol–water partition coefficient (Wildman–Crippen LogP) is 2.05. The van der Waals surface area contributed by atoms with E-state index in [4.69, 9.17) is 10.7 Å². The van der Waals surface area contributed by atoms with Gasteiger partial charge in [0.2, 0.25) is 0 Å². The first-order valence-electron chi connectivity index (χ1n) is 5.23. The highest BCUT2D eigenvalue weighted by Crippen LogP contribution is 2.28. The Hall–Kier alpha value is -0.990. The topological polar surface area (TPSA) is 77.7 Å². The van der Waals surface area contributed by atoms with Gasteiger partial charge in [-0.2, -0.15) is 0 Å². The Bertz CT molecular complexity index is 662. The van der Waals surface area contributed by atoms with Gasteiger partial charge >= 0.3 is 0 Å². The summed E-state index contributed by atoms with van der Waals surface area (Å²) in [6.45, 7) is 4.26. The number of hydrogen-bond donors (Lipinski definition) is 0. The summed E-state index contributed by atoms with van der Waals surface area (Å²) in [4.78, 5) is 4.93. The van der Waals surface area contributed by atoms with Gasteiger partial charge in [0, 0.05) is 17.2 Å². The fraction of sp³-hybridized carbons (Fsp3) is 0.444. The van der Waals surface area contributed by atoms with Crippen LogP contribution in [0.3, 0.4) is 0 Å². The molecule has 2 aromatic rings. The largest absolute Gasteiger partial charge is 0.296 e. The molecule has 0 aromatic carbocycles. The Labute approximate surface area is 113 Å². The molecular weight excluding hydrogens is 296 g/mol. The summed E-state index contributed by atoms with van der Waals surface area (Å²) in [6, 6.07) is 0. The zero-order chi connectivity index (χ0) is 13.3. The van der Waals surface area contributed by atoms with Gasteiger partial charge < -0.3 is 0 Å². The van der Waals surface area contributed by atoms with Crippen LogP contribution in [0.4, 0.5) is 0 Å². The van der Waals surface area contributed by atoms with Crippen molar-refractivity contribution in [2.45, 2.75) is 32.0 Å². The highest BCUT2D eigenvalue weighted by atomic mass is 35.7. The molecule has 2 heterocycles. The molecular formula is C9H11ClN4O2S2. The molecule has 0 amide bonds. The molecule has 0 aliphatic heterocycles. The molecule has 0 spiro atoms. The zero-order valence-electron chi connectivity index (χ0n) is 9.79. The summed E-state index contributed by atoms with van der Waals surface area (Å²) < 4.78 is 24.4. The van der Waals surface area contributed by atoms with Crippen molar-refractivity contribution in [3.63, 3.8) is 0 Å². The van der Waals surface area contributed by atoms with Crippen molar-refractivity contribution in [3.05, 3.63) is 11.2 Å². The Balaban J connectivity index is 2.63. The second kappa shape index (κ2) is 4.94. The van der Waals surface area contributed by atoms with Gasteiger partial charge in [0.15, 0.2) is 5.82 Å². The third-order valence-electron chi connectivity index (χ3n) is 2.33. The Kier molecular flexibility index (Phi) is 3.69. The second-order valence-corrected chi connectivity index (χ2v) is 6.98. The summed E-state index contributed by atoms with van der Waals surface area (Å²) in [5.74, 6) is 0.496. The molecule has 0 fully saturated rings. The summed E-state index contributed by atoms with van der Waals surface area (Å²) in [6.07, 6.45) is 0.752. The lowest BCUT2D eigenvalue weighted by atomic mass is 10.3. The minimum Gasteiger partial charge on any atom is -0.296 e. The number of halogens is 1. The van der Waals surface area contributed by atoms with Crippen molar-refractivity contribution >= 4 is 31.1 Å². The van der Waals surface area contributed by atoms with Gasteiger partial charge in [-0.25, -0.2) is 13.4 Å². The molecule has 0 saturated heterocycles. The van der Waals surface area contributed by atoms with Crippen molar-refractivity contribution in [1.82, 2.24) is 19.7 Å². The van der Waals surface area contributed by atoms with E-state index < -0.39 is 9.05 Å². The molecule has 98 valence electrons. The summed E-state index contributed by atoms with van der Waals surface area (Å²) >= 11 is 1.39. The summed E-state index contributed by atoms with van der Waals surface area (Å²) in [5.41, 5.74) is 2.48. The molecule has 0 aliphatic rings. The molecule has 6 nitrogen and oxygen atoms in total. The molecule has 2 rings (SSSR count). The van der Waals surface area contributed by atoms with Gasteiger partial charge in [0.25, 0.3) is 14.2 Å². The Morgan fingerprint density at radius 1 is 1.44 bits per heavy atom. The first kappa shape index (κ1) is 13.4. The molecule has 18 heavy (non-hydrogen) atoms. The number of aromatic nitrogens is 4. The average Bonchev–Trinajstić information content (AvgIpc) is 2.84. The van der Waals surface area contributed by atoms with E-state index in [0.717, 1.165) is 17.0 Å². The predicted molar refractivity (Wildman–Crippen MR) is 69.2 cm³/mol. The van der Waals surface area contributed by atoms with Crippen LogP contribution in [0.2, 0.25) is 0 Å². The molecule has 0 saturated carbocycles. The van der Waals surface area contributed by atoms with Gasteiger partial charge in [-0.05, 0) is 13.3 Å². The SMILES string of the molecule is CCCn1c(-c2scnc2C)nnc1S(=O)(=O)Cl. The first-order valence-corrected chi connectivity index (χ1v) is 8.42. The maximum atomic E-state index is 11.4. The molecule has 0 radical (unpaired) electrons. The quantitative estimate of drug-likeness (QED) is 0.808. The maximum Gasteiger partial charge on any atom is 0.296 e. The molecule has 0 bridgehead atoms. The second-order valence-electron chi connectivity index (χ2n) is 3.66. The number of aryl methyl sites for hydroxylation is 1. The van der Waals surface area contributed by atoms with Crippen molar-refractivity contribution in [2.75, 3.05) is 0 Å². The van der Waals surface area contributed by atoms with Gasteiger partial charge in [-0.3, -0.25) is 4.57 Å². The highest BCUT2D eigenvalue weighted by molar-refractivity contribution is 8.13. The van der Waals surface area contributed by atoms with Crippen LogP contribution in [0, 0.1) is 6.92 Å². The molecule has 0 unspecified atom stereocenters. The van der Waals surface area contributed by atoms with Crippen LogP contribution < -0.4 is 0 Å². The van der Waals surface area contributed by atoms with Crippen LogP contribution in [-0.4, -0.2) is 28.2 Å². The monoisotopic (exact) mass is 306 g/mol. The first-order chi connectivity index (χ1) is 8.45. The Morgan fingerprint density at radius 2 is 2.17 bits per heavy atom. The average molecular weight is 307 g/mol. The Morgan fingerprint density at radius 3 is 2.67 bits per heavy atom. The van der Waals surface area contributed by atoms with Crippen molar-refractivity contribution < 1.29 is 8.42 Å². The van der Waals surface area contributed by atoms with E-state index in [-0.39, 0.29) is 5.16 Å². The maximum absolute atomic E-state index is 11.4. The fourth-order valence-corrected chi connectivity index (χ4v) is 3.30. The number of hydrogen-bond acceptors (Lipinski definition) is 6. The normalized spacial score (nSPS) is 11.9. The third kappa shape index (κ3) is 2.40. The zero-order valence-corrected chi connectivity index (χ0v) is 12.2. The molecule has 9 heteroatoms. The lowest BCUT2D eigenvalue weighted by Gasteiger charge is -2.06. The van der Waals surface area contributed by atoms with E-state index >= 15 is 0 Å². The van der Waals surface area contributed by atoms with Gasteiger partial charge in [0.1, 0.15) is 0 Å². The number of rotatable bonds is 4. The van der Waals surface area contributed by atoms with Crippen LogP contribution >= 0.6 is 22.0 Å². The minimum absolute atomic E-state index is 0.214. The van der Waals surface area contributed by atoms with E-state index in [9.17, 15) is 8.42 Å². The minimum atomic E-state index is -3.89. The van der Waals surface area contributed by atoms with E-state index in [2.05, 4.69) is 15.2 Å². The highest BCUT2D eigenvalue weighted by Gasteiger charge is 2.24. The summed E-state index contributed by atoms with van der Waals surface area (Å²) in [5, 5.41) is 7.39. The van der Waals surface area contributed by atoms with Gasteiger partial charge in [-0.1, -0.05) is 6.92 Å². The van der Waals surface area contributed by atoms with Crippen LogP contribution in [0.1, 0.15) is 19.0 Å². The van der Waals surface area contributed by atoms with E-state index in [1.54, 1.807) is 5.51 Å². The molecule has 0 aliphatic carbocycles. The molecule has 2 aromatic heterocycles. The lowest BCUT2D eigenvalue weighted by Crippen LogP contribution is -2.07. The fourth-order valence-electron chi connectivity index (χ4n) is 1.58. The van der Waals surface area contributed by atoms with Gasteiger partial charge in [-0.15, -0.1) is 21.5 Å². The van der Waals surface area contributed by atoms with Crippen LogP contribution in [0.5, 0.6) is 0 Å². The van der Waals surface area contributed by atoms with Crippen molar-refractivity contribution in [1.29, 1.82) is 0 Å². The third-order valence-corrected chi connectivity index (χ3v) is 4.41. The standard InChI is InChI=1S/C9H11ClN4O2S2/c1-3-4-14-8(7-6(2)11-5-17-7)12-13-9(14)18(10,15)16/h5H,3-4H2,1-2H3. The number of thiazole rings is 1. The summed E-state index contributed by atoms with van der Waals surface area (Å²) in [7, 11) is 1.46. The van der Waals surface area contributed by atoms with E-state index in [1.807, 2.05) is 13.8 Å². The van der Waals surface area contributed by atoms with E-state index in [1.165, 1.54) is 15.9 Å². The van der Waals surface area contributed by atoms with Crippen LogP contribution in [-0.2, 0) is 15.6 Å².